The molecule has 0 bridgehead atoms. The van der Waals surface area contributed by atoms with Crippen LogP contribution in [0.3, 0.4) is 0 Å². The number of nitrogens with one attached hydrogen (secondary N) is 1. The lowest BCUT2D eigenvalue weighted by Crippen LogP contribution is -2.39. The molecule has 0 fully saturated rings. The first-order valence-corrected chi connectivity index (χ1v) is 5.54. The van der Waals surface area contributed by atoms with Gasteiger partial charge in [-0.15, -0.1) is 0 Å². The van der Waals surface area contributed by atoms with E-state index in [4.69, 9.17) is 0 Å². The SMILES string of the molecule is CNc1ccc2c(c1)N(C)C(=O)CC2(C)C. The van der Waals surface area contributed by atoms with Crippen LogP contribution in [0, 0.1) is 0 Å². The predicted octanol–water partition coefficient (Wildman–Crippen LogP) is 2.37. The standard InChI is InChI=1S/C13H18N2O/c1-13(2)8-12(16)15(4)11-7-9(14-3)5-6-10(11)13/h5-7,14H,8H2,1-4H3. The molecule has 1 aromatic rings. The zero-order valence-electron chi connectivity index (χ0n) is 10.3. The summed E-state index contributed by atoms with van der Waals surface area (Å²) in [6.45, 7) is 4.24. The van der Waals surface area contributed by atoms with Gasteiger partial charge in [-0.25, -0.2) is 0 Å². The van der Waals surface area contributed by atoms with E-state index >= 15 is 0 Å². The third-order valence-corrected chi connectivity index (χ3v) is 3.34. The summed E-state index contributed by atoms with van der Waals surface area (Å²) in [4.78, 5) is 13.6. The van der Waals surface area contributed by atoms with E-state index in [1.807, 2.05) is 20.2 Å². The van der Waals surface area contributed by atoms with E-state index < -0.39 is 0 Å². The van der Waals surface area contributed by atoms with Crippen molar-refractivity contribution in [3.05, 3.63) is 23.8 Å². The molecule has 0 atom stereocenters. The van der Waals surface area contributed by atoms with E-state index in [0.29, 0.717) is 6.42 Å². The normalized spacial score (nSPS) is 18.2. The van der Waals surface area contributed by atoms with Crippen molar-refractivity contribution in [2.75, 3.05) is 24.3 Å². The fraction of sp³-hybridized carbons (Fsp3) is 0.462. The molecule has 1 aliphatic heterocycles. The zero-order valence-corrected chi connectivity index (χ0v) is 10.3. The van der Waals surface area contributed by atoms with E-state index in [1.165, 1.54) is 5.56 Å². The van der Waals surface area contributed by atoms with Crippen molar-refractivity contribution in [3.8, 4) is 0 Å². The molecule has 3 heteroatoms. The molecule has 0 aliphatic carbocycles. The average Bonchev–Trinajstić information content (AvgIpc) is 2.25. The predicted molar refractivity (Wildman–Crippen MR) is 67.0 cm³/mol. The second-order valence-electron chi connectivity index (χ2n) is 5.00. The van der Waals surface area contributed by atoms with Crippen LogP contribution in [0.25, 0.3) is 0 Å². The molecule has 86 valence electrons. The quantitative estimate of drug-likeness (QED) is 0.785. The molecule has 2 rings (SSSR count). The number of hydrogen-bond acceptors (Lipinski definition) is 2. The van der Waals surface area contributed by atoms with Crippen LogP contribution in [0.5, 0.6) is 0 Å². The highest BCUT2D eigenvalue weighted by atomic mass is 16.2. The maximum absolute atomic E-state index is 11.9. The molecule has 0 saturated heterocycles. The van der Waals surface area contributed by atoms with Crippen molar-refractivity contribution in [2.24, 2.45) is 0 Å². The highest BCUT2D eigenvalue weighted by Crippen LogP contribution is 2.40. The number of benzene rings is 1. The van der Waals surface area contributed by atoms with Crippen LogP contribution >= 0.6 is 0 Å². The van der Waals surface area contributed by atoms with Crippen molar-refractivity contribution in [3.63, 3.8) is 0 Å². The smallest absolute Gasteiger partial charge is 0.227 e. The zero-order chi connectivity index (χ0) is 11.9. The summed E-state index contributed by atoms with van der Waals surface area (Å²) in [6, 6.07) is 6.21. The van der Waals surface area contributed by atoms with Gasteiger partial charge in [-0.3, -0.25) is 4.79 Å². The second-order valence-corrected chi connectivity index (χ2v) is 5.00. The van der Waals surface area contributed by atoms with Crippen molar-refractivity contribution in [2.45, 2.75) is 25.7 Å². The van der Waals surface area contributed by atoms with Crippen LogP contribution in [0.15, 0.2) is 18.2 Å². The van der Waals surface area contributed by atoms with E-state index in [9.17, 15) is 4.79 Å². The minimum Gasteiger partial charge on any atom is -0.388 e. The number of amides is 1. The van der Waals surface area contributed by atoms with Crippen LogP contribution in [0.1, 0.15) is 25.8 Å². The second kappa shape index (κ2) is 3.51. The Morgan fingerprint density at radius 1 is 1.38 bits per heavy atom. The van der Waals surface area contributed by atoms with Gasteiger partial charge in [0, 0.05) is 37.3 Å². The average molecular weight is 218 g/mol. The van der Waals surface area contributed by atoms with Crippen molar-refractivity contribution < 1.29 is 4.79 Å². The Morgan fingerprint density at radius 2 is 2.06 bits per heavy atom. The van der Waals surface area contributed by atoms with Crippen LogP contribution < -0.4 is 10.2 Å². The Hall–Kier alpha value is -1.51. The Labute approximate surface area is 96.5 Å². The van der Waals surface area contributed by atoms with Crippen LogP contribution in [-0.4, -0.2) is 20.0 Å². The van der Waals surface area contributed by atoms with Crippen molar-refractivity contribution in [1.82, 2.24) is 0 Å². The Morgan fingerprint density at radius 3 is 2.69 bits per heavy atom. The first-order chi connectivity index (χ1) is 7.45. The van der Waals surface area contributed by atoms with Crippen LogP contribution in [0.4, 0.5) is 11.4 Å². The Bertz CT molecular complexity index is 438. The van der Waals surface area contributed by atoms with Gasteiger partial charge in [0.25, 0.3) is 0 Å². The molecule has 1 aromatic carbocycles. The van der Waals surface area contributed by atoms with Gasteiger partial charge in [-0.05, 0) is 17.7 Å². The molecule has 0 radical (unpaired) electrons. The Balaban J connectivity index is 2.59. The molecule has 1 amide bonds. The van der Waals surface area contributed by atoms with E-state index in [2.05, 4.69) is 31.3 Å². The van der Waals surface area contributed by atoms with Gasteiger partial charge in [0.2, 0.25) is 5.91 Å². The van der Waals surface area contributed by atoms with Gasteiger partial charge < -0.3 is 10.2 Å². The third kappa shape index (κ3) is 1.56. The molecular weight excluding hydrogens is 200 g/mol. The van der Waals surface area contributed by atoms with Crippen LogP contribution in [0.2, 0.25) is 0 Å². The lowest BCUT2D eigenvalue weighted by atomic mass is 9.77. The minimum atomic E-state index is -0.0643. The van der Waals surface area contributed by atoms with Gasteiger partial charge >= 0.3 is 0 Å². The summed E-state index contributed by atoms with van der Waals surface area (Å²) >= 11 is 0. The largest absolute Gasteiger partial charge is 0.388 e. The van der Waals surface area contributed by atoms with Crippen LogP contribution in [-0.2, 0) is 10.2 Å². The summed E-state index contributed by atoms with van der Waals surface area (Å²) in [7, 11) is 3.73. The molecule has 0 unspecified atom stereocenters. The Kier molecular flexibility index (Phi) is 2.41. The van der Waals surface area contributed by atoms with Gasteiger partial charge in [0.1, 0.15) is 0 Å². The molecular formula is C13H18N2O. The molecule has 1 heterocycles. The highest BCUT2D eigenvalue weighted by Gasteiger charge is 2.34. The first-order valence-electron chi connectivity index (χ1n) is 5.54. The van der Waals surface area contributed by atoms with E-state index in [1.54, 1.807) is 4.90 Å². The first kappa shape index (κ1) is 11.0. The minimum absolute atomic E-state index is 0.0643. The van der Waals surface area contributed by atoms with Gasteiger partial charge in [0.15, 0.2) is 0 Å². The summed E-state index contributed by atoms with van der Waals surface area (Å²) in [5, 5.41) is 3.10. The summed E-state index contributed by atoms with van der Waals surface area (Å²) in [5.41, 5.74) is 3.24. The number of nitrogens with zero attached hydrogens (tertiary/aromatic N) is 1. The topological polar surface area (TPSA) is 32.3 Å². The van der Waals surface area contributed by atoms with Gasteiger partial charge in [-0.2, -0.15) is 0 Å². The third-order valence-electron chi connectivity index (χ3n) is 3.34. The van der Waals surface area contributed by atoms with Gasteiger partial charge in [-0.1, -0.05) is 19.9 Å². The lowest BCUT2D eigenvalue weighted by molar-refractivity contribution is -0.119. The monoisotopic (exact) mass is 218 g/mol. The summed E-state index contributed by atoms with van der Waals surface area (Å²) in [5.74, 6) is 0.186. The number of rotatable bonds is 1. The molecule has 0 saturated carbocycles. The fourth-order valence-electron chi connectivity index (χ4n) is 2.26. The number of carbonyl (C=O) groups is 1. The number of fused-ring (bicyclic) bond motifs is 1. The lowest BCUT2D eigenvalue weighted by Gasteiger charge is -2.37. The highest BCUT2D eigenvalue weighted by molar-refractivity contribution is 5.97. The molecule has 3 nitrogen and oxygen atoms in total. The number of carbonyl (C=O) groups excluding carboxylic acids is 1. The van der Waals surface area contributed by atoms with E-state index in [-0.39, 0.29) is 11.3 Å². The summed E-state index contributed by atoms with van der Waals surface area (Å²) < 4.78 is 0. The fourth-order valence-corrected chi connectivity index (χ4v) is 2.26. The molecule has 16 heavy (non-hydrogen) atoms. The number of hydrogen-bond donors (Lipinski definition) is 1. The molecule has 1 N–H and O–H groups in total. The summed E-state index contributed by atoms with van der Waals surface area (Å²) in [6.07, 6.45) is 0.579. The maximum atomic E-state index is 11.9. The molecule has 1 aliphatic rings. The number of anilines is 2. The van der Waals surface area contributed by atoms with E-state index in [0.717, 1.165) is 11.4 Å². The molecule has 0 spiro atoms. The van der Waals surface area contributed by atoms with Gasteiger partial charge in [0.05, 0.1) is 0 Å². The van der Waals surface area contributed by atoms with Crippen molar-refractivity contribution in [1.29, 1.82) is 0 Å². The maximum Gasteiger partial charge on any atom is 0.227 e. The van der Waals surface area contributed by atoms with Crippen molar-refractivity contribution >= 4 is 17.3 Å². The molecule has 0 aromatic heterocycles.